The SMILES string of the molecule is Nc1cc(C(CCNC2CCC(c3ccccc3)CC2)c2cnn(Cc3ccccc3)c2)c2nn[nH]c2n1. The van der Waals surface area contributed by atoms with Crippen LogP contribution in [0, 0.1) is 0 Å². The standard InChI is InChI=1S/C30H34N8/c31-28-17-27(29-30(34-28)36-37-35-29)26(24-18-33-38(20-24)19-21-7-3-1-4-8-21)15-16-32-25-13-11-23(12-14-25)22-9-5-2-6-10-22/h1-10,17-18,20,23,25-26,32H,11-16,19H2,(H3,31,34,35,36,37). The monoisotopic (exact) mass is 506 g/mol. The van der Waals surface area contributed by atoms with Crippen LogP contribution in [0.5, 0.6) is 0 Å². The molecule has 1 saturated carbocycles. The van der Waals surface area contributed by atoms with E-state index in [0.29, 0.717) is 23.4 Å². The van der Waals surface area contributed by atoms with E-state index in [1.54, 1.807) is 0 Å². The summed E-state index contributed by atoms with van der Waals surface area (Å²) in [6.45, 7) is 1.63. The van der Waals surface area contributed by atoms with E-state index in [0.717, 1.165) is 36.2 Å². The molecule has 0 bridgehead atoms. The maximum atomic E-state index is 6.19. The minimum atomic E-state index is 0.0746. The number of nitrogens with zero attached hydrogens (tertiary/aromatic N) is 5. The number of fused-ring (bicyclic) bond motifs is 1. The van der Waals surface area contributed by atoms with Crippen molar-refractivity contribution in [1.29, 1.82) is 0 Å². The summed E-state index contributed by atoms with van der Waals surface area (Å²) in [6, 6.07) is 23.8. The molecule has 3 aromatic heterocycles. The van der Waals surface area contributed by atoms with Crippen LogP contribution in [0.4, 0.5) is 5.82 Å². The zero-order valence-electron chi connectivity index (χ0n) is 21.5. The maximum absolute atomic E-state index is 6.19. The van der Waals surface area contributed by atoms with E-state index in [9.17, 15) is 0 Å². The molecule has 1 atom stereocenters. The lowest BCUT2D eigenvalue weighted by Crippen LogP contribution is -2.34. The number of H-pyrrole nitrogens is 1. The Morgan fingerprint density at radius 3 is 2.55 bits per heavy atom. The first-order valence-corrected chi connectivity index (χ1v) is 13.5. The van der Waals surface area contributed by atoms with Crippen molar-refractivity contribution in [2.45, 2.75) is 56.5 Å². The van der Waals surface area contributed by atoms with E-state index in [-0.39, 0.29) is 5.92 Å². The Kier molecular flexibility index (Phi) is 7.13. The second-order valence-electron chi connectivity index (χ2n) is 10.4. The molecule has 1 unspecified atom stereocenters. The van der Waals surface area contributed by atoms with Gasteiger partial charge in [-0.25, -0.2) is 10.1 Å². The molecule has 4 N–H and O–H groups in total. The summed E-state index contributed by atoms with van der Waals surface area (Å²) in [5.41, 5.74) is 12.5. The number of nitrogens with two attached hydrogens (primary N) is 1. The van der Waals surface area contributed by atoms with Gasteiger partial charge in [0.05, 0.1) is 12.7 Å². The Labute approximate surface area is 222 Å². The van der Waals surface area contributed by atoms with Crippen LogP contribution in [0.3, 0.4) is 0 Å². The molecule has 8 heteroatoms. The smallest absolute Gasteiger partial charge is 0.178 e. The van der Waals surface area contributed by atoms with Crippen molar-refractivity contribution in [3.05, 3.63) is 101 Å². The van der Waals surface area contributed by atoms with Crippen molar-refractivity contribution in [2.75, 3.05) is 12.3 Å². The van der Waals surface area contributed by atoms with Crippen LogP contribution >= 0.6 is 0 Å². The summed E-state index contributed by atoms with van der Waals surface area (Å²) >= 11 is 0. The van der Waals surface area contributed by atoms with E-state index in [4.69, 9.17) is 5.73 Å². The van der Waals surface area contributed by atoms with E-state index in [2.05, 4.69) is 91.6 Å². The predicted molar refractivity (Wildman–Crippen MR) is 150 cm³/mol. The lowest BCUT2D eigenvalue weighted by Gasteiger charge is -2.30. The second-order valence-corrected chi connectivity index (χ2v) is 10.4. The minimum Gasteiger partial charge on any atom is -0.384 e. The third-order valence-electron chi connectivity index (χ3n) is 7.83. The van der Waals surface area contributed by atoms with Crippen molar-refractivity contribution in [2.24, 2.45) is 0 Å². The number of anilines is 1. The van der Waals surface area contributed by atoms with Crippen LogP contribution < -0.4 is 11.1 Å². The third-order valence-corrected chi connectivity index (χ3v) is 7.83. The van der Waals surface area contributed by atoms with Crippen LogP contribution in [0.2, 0.25) is 0 Å². The van der Waals surface area contributed by atoms with Gasteiger partial charge in [-0.1, -0.05) is 65.9 Å². The van der Waals surface area contributed by atoms with Gasteiger partial charge in [0.25, 0.3) is 0 Å². The molecular weight excluding hydrogens is 472 g/mol. The average molecular weight is 507 g/mol. The Balaban J connectivity index is 1.17. The number of rotatable bonds is 9. The molecule has 0 saturated heterocycles. The molecule has 1 fully saturated rings. The highest BCUT2D eigenvalue weighted by atomic mass is 15.3. The highest BCUT2D eigenvalue weighted by molar-refractivity contribution is 5.77. The summed E-state index contributed by atoms with van der Waals surface area (Å²) in [6.07, 6.45) is 9.90. The van der Waals surface area contributed by atoms with E-state index in [1.807, 2.05) is 23.0 Å². The van der Waals surface area contributed by atoms with Crippen molar-refractivity contribution in [3.8, 4) is 0 Å². The molecule has 1 aliphatic carbocycles. The van der Waals surface area contributed by atoms with Crippen LogP contribution in [0.1, 0.15) is 66.2 Å². The van der Waals surface area contributed by atoms with Crippen molar-refractivity contribution in [3.63, 3.8) is 0 Å². The topological polar surface area (TPSA) is 110 Å². The number of aromatic amines is 1. The van der Waals surface area contributed by atoms with E-state index in [1.165, 1.54) is 36.8 Å². The number of hydrogen-bond donors (Lipinski definition) is 3. The Morgan fingerprint density at radius 2 is 1.76 bits per heavy atom. The van der Waals surface area contributed by atoms with Crippen LogP contribution in [-0.4, -0.2) is 42.8 Å². The van der Waals surface area contributed by atoms with Crippen molar-refractivity contribution < 1.29 is 0 Å². The van der Waals surface area contributed by atoms with Crippen LogP contribution in [-0.2, 0) is 6.54 Å². The van der Waals surface area contributed by atoms with Gasteiger partial charge in [-0.05, 0) is 72.9 Å². The number of benzene rings is 2. The molecule has 1 aliphatic rings. The summed E-state index contributed by atoms with van der Waals surface area (Å²) in [4.78, 5) is 4.38. The molecule has 0 aliphatic heterocycles. The summed E-state index contributed by atoms with van der Waals surface area (Å²) in [5, 5.41) is 19.8. The molecule has 194 valence electrons. The highest BCUT2D eigenvalue weighted by Crippen LogP contribution is 2.34. The Morgan fingerprint density at radius 1 is 1.00 bits per heavy atom. The first kappa shape index (κ1) is 24.3. The fraction of sp³-hybridized carbons (Fsp3) is 0.333. The zero-order valence-corrected chi connectivity index (χ0v) is 21.5. The second kappa shape index (κ2) is 11.1. The van der Waals surface area contributed by atoms with Crippen LogP contribution in [0.25, 0.3) is 11.2 Å². The molecule has 6 rings (SSSR count). The number of nitrogen functional groups attached to an aromatic ring is 1. The quantitative estimate of drug-likeness (QED) is 0.259. The lowest BCUT2D eigenvalue weighted by molar-refractivity contribution is 0.340. The normalized spacial score (nSPS) is 18.5. The highest BCUT2D eigenvalue weighted by Gasteiger charge is 2.24. The maximum Gasteiger partial charge on any atom is 0.178 e. The van der Waals surface area contributed by atoms with E-state index >= 15 is 0 Å². The van der Waals surface area contributed by atoms with E-state index < -0.39 is 0 Å². The molecule has 38 heavy (non-hydrogen) atoms. The van der Waals surface area contributed by atoms with Crippen LogP contribution in [0.15, 0.2) is 79.1 Å². The molecule has 3 heterocycles. The van der Waals surface area contributed by atoms with Gasteiger partial charge in [-0.2, -0.15) is 5.10 Å². The summed E-state index contributed by atoms with van der Waals surface area (Å²) < 4.78 is 2.00. The molecule has 5 aromatic rings. The lowest BCUT2D eigenvalue weighted by atomic mass is 9.81. The number of pyridine rings is 1. The molecule has 8 nitrogen and oxygen atoms in total. The van der Waals surface area contributed by atoms with Gasteiger partial charge in [0.1, 0.15) is 11.3 Å². The first-order chi connectivity index (χ1) is 18.7. The van der Waals surface area contributed by atoms with Gasteiger partial charge < -0.3 is 11.1 Å². The third kappa shape index (κ3) is 5.45. The largest absolute Gasteiger partial charge is 0.384 e. The predicted octanol–water partition coefficient (Wildman–Crippen LogP) is 5.02. The Hall–Kier alpha value is -4.04. The van der Waals surface area contributed by atoms with Gasteiger partial charge in [-0.3, -0.25) is 4.68 Å². The first-order valence-electron chi connectivity index (χ1n) is 13.5. The van der Waals surface area contributed by atoms with Crippen molar-refractivity contribution >= 4 is 17.0 Å². The fourth-order valence-electron chi connectivity index (χ4n) is 5.86. The van der Waals surface area contributed by atoms with Gasteiger partial charge in [0.15, 0.2) is 5.65 Å². The molecule has 0 amide bonds. The van der Waals surface area contributed by atoms with Gasteiger partial charge in [-0.15, -0.1) is 5.10 Å². The number of hydrogen-bond acceptors (Lipinski definition) is 6. The summed E-state index contributed by atoms with van der Waals surface area (Å²) in [5.74, 6) is 1.22. The molecule has 0 spiro atoms. The molecule has 0 radical (unpaired) electrons. The fourth-order valence-corrected chi connectivity index (χ4v) is 5.86. The van der Waals surface area contributed by atoms with Gasteiger partial charge in [0, 0.05) is 18.2 Å². The Bertz CT molecular complexity index is 1450. The molecule has 2 aromatic carbocycles. The van der Waals surface area contributed by atoms with Gasteiger partial charge >= 0.3 is 0 Å². The zero-order chi connectivity index (χ0) is 25.7. The average Bonchev–Trinajstić information content (AvgIpc) is 3.62. The van der Waals surface area contributed by atoms with Crippen molar-refractivity contribution in [1.82, 2.24) is 35.5 Å². The number of aromatic nitrogens is 6. The molecular formula is C30H34N8. The minimum absolute atomic E-state index is 0.0746. The number of nitrogens with one attached hydrogen (secondary N) is 2. The van der Waals surface area contributed by atoms with Gasteiger partial charge in [0.2, 0.25) is 0 Å². The summed E-state index contributed by atoms with van der Waals surface area (Å²) in [7, 11) is 0.